The SMILES string of the molecule is COCCCOc1ccc2c(c1)CCC1C2CC[C@@]2(C)C1CC[C@@H]2N(C)C(=O)CN(C)CCOC(C(F)(F)F)(C(F)(F)F)C(F)(F)F. The molecule has 47 heavy (non-hydrogen) atoms. The number of hydrogen-bond donors (Lipinski definition) is 0. The van der Waals surface area contributed by atoms with Gasteiger partial charge in [0.1, 0.15) is 5.75 Å². The Hall–Kier alpha value is -2.26. The summed E-state index contributed by atoms with van der Waals surface area (Å²) in [5.74, 6) is 1.59. The highest BCUT2D eigenvalue weighted by atomic mass is 19.4. The molecule has 0 heterocycles. The van der Waals surface area contributed by atoms with Crippen LogP contribution >= 0.6 is 0 Å². The molecule has 1 amide bonds. The van der Waals surface area contributed by atoms with Gasteiger partial charge in [0.05, 0.1) is 19.8 Å². The maximum absolute atomic E-state index is 13.3. The van der Waals surface area contributed by atoms with Crippen LogP contribution in [-0.2, 0) is 20.7 Å². The summed E-state index contributed by atoms with van der Waals surface area (Å²) < 4.78 is 133. The van der Waals surface area contributed by atoms with E-state index in [-0.39, 0.29) is 11.5 Å². The molecule has 6 nitrogen and oxygen atoms in total. The molecule has 0 spiro atoms. The van der Waals surface area contributed by atoms with Crippen LogP contribution in [0.15, 0.2) is 18.2 Å². The summed E-state index contributed by atoms with van der Waals surface area (Å²) in [4.78, 5) is 15.9. The molecule has 0 aliphatic heterocycles. The van der Waals surface area contributed by atoms with Crippen molar-refractivity contribution in [3.05, 3.63) is 29.3 Å². The number of carbonyl (C=O) groups is 1. The molecule has 2 fully saturated rings. The highest BCUT2D eigenvalue weighted by Gasteiger charge is 2.85. The van der Waals surface area contributed by atoms with Crippen LogP contribution in [0, 0.1) is 17.3 Å². The Labute approximate surface area is 268 Å². The van der Waals surface area contributed by atoms with Crippen LogP contribution in [0.3, 0.4) is 0 Å². The van der Waals surface area contributed by atoms with Crippen molar-refractivity contribution in [1.82, 2.24) is 9.80 Å². The van der Waals surface area contributed by atoms with E-state index in [1.807, 2.05) is 6.07 Å². The van der Waals surface area contributed by atoms with Crippen LogP contribution in [0.25, 0.3) is 0 Å². The van der Waals surface area contributed by atoms with Gasteiger partial charge in [-0.15, -0.1) is 0 Å². The van der Waals surface area contributed by atoms with E-state index in [4.69, 9.17) is 9.47 Å². The molecule has 1 aromatic rings. The molecule has 268 valence electrons. The molecule has 0 saturated heterocycles. The van der Waals surface area contributed by atoms with E-state index in [1.165, 1.54) is 18.2 Å². The Balaban J connectivity index is 1.36. The highest BCUT2D eigenvalue weighted by Crippen LogP contribution is 2.62. The van der Waals surface area contributed by atoms with Crippen LogP contribution < -0.4 is 4.74 Å². The molecule has 0 bridgehead atoms. The zero-order chi connectivity index (χ0) is 35.0. The second-order valence-electron chi connectivity index (χ2n) is 13.4. The minimum Gasteiger partial charge on any atom is -0.493 e. The first-order valence-electron chi connectivity index (χ1n) is 15.8. The number of likely N-dealkylation sites (N-methyl/N-ethyl adjacent to an activating group) is 2. The first-order valence-corrected chi connectivity index (χ1v) is 15.8. The minimum atomic E-state index is -6.80. The van der Waals surface area contributed by atoms with Crippen molar-refractivity contribution < 1.29 is 58.5 Å². The van der Waals surface area contributed by atoms with Crippen molar-refractivity contribution in [1.29, 1.82) is 0 Å². The first-order chi connectivity index (χ1) is 21.8. The second-order valence-corrected chi connectivity index (χ2v) is 13.4. The lowest BCUT2D eigenvalue weighted by Crippen LogP contribution is -2.68. The third-order valence-corrected chi connectivity index (χ3v) is 10.7. The lowest BCUT2D eigenvalue weighted by atomic mass is 9.55. The van der Waals surface area contributed by atoms with Gasteiger partial charge in [0, 0.05) is 39.8 Å². The third kappa shape index (κ3) is 7.22. The molecule has 3 aliphatic carbocycles. The van der Waals surface area contributed by atoms with Gasteiger partial charge in [0.15, 0.2) is 0 Å². The molecule has 3 unspecified atom stereocenters. The quantitative estimate of drug-likeness (QED) is 0.172. The van der Waals surface area contributed by atoms with Crippen molar-refractivity contribution >= 4 is 5.91 Å². The maximum Gasteiger partial charge on any atom is 0.435 e. The average molecular weight is 691 g/mol. The Morgan fingerprint density at radius 2 is 1.57 bits per heavy atom. The number of nitrogens with zero attached hydrogens (tertiary/aromatic N) is 2. The number of methoxy groups -OCH3 is 1. The summed E-state index contributed by atoms with van der Waals surface area (Å²) in [5, 5.41) is 0. The number of ether oxygens (including phenoxy) is 3. The zero-order valence-corrected chi connectivity index (χ0v) is 27.0. The Morgan fingerprint density at radius 3 is 2.19 bits per heavy atom. The van der Waals surface area contributed by atoms with Gasteiger partial charge in [0.25, 0.3) is 0 Å². The smallest absolute Gasteiger partial charge is 0.435 e. The minimum absolute atomic E-state index is 0.136. The summed E-state index contributed by atoms with van der Waals surface area (Å²) in [6, 6.07) is 6.18. The third-order valence-electron chi connectivity index (χ3n) is 10.7. The molecule has 0 aromatic heterocycles. The predicted octanol–water partition coefficient (Wildman–Crippen LogP) is 7.16. The van der Waals surface area contributed by atoms with E-state index in [1.54, 1.807) is 19.1 Å². The molecule has 3 aliphatic rings. The summed E-state index contributed by atoms with van der Waals surface area (Å²) in [6.07, 6.45) is -14.2. The normalized spacial score (nSPS) is 26.5. The van der Waals surface area contributed by atoms with Crippen LogP contribution in [0.2, 0.25) is 0 Å². The van der Waals surface area contributed by atoms with E-state index in [2.05, 4.69) is 23.8 Å². The number of amides is 1. The van der Waals surface area contributed by atoms with Gasteiger partial charge in [-0.2, -0.15) is 39.5 Å². The van der Waals surface area contributed by atoms with Gasteiger partial charge >= 0.3 is 24.1 Å². The second kappa shape index (κ2) is 13.9. The van der Waals surface area contributed by atoms with Crippen molar-refractivity contribution in [2.75, 3.05) is 54.1 Å². The topological polar surface area (TPSA) is 51.2 Å². The Morgan fingerprint density at radius 1 is 0.915 bits per heavy atom. The Bertz CT molecular complexity index is 1200. The van der Waals surface area contributed by atoms with E-state index >= 15 is 0 Å². The monoisotopic (exact) mass is 690 g/mol. The van der Waals surface area contributed by atoms with E-state index < -0.39 is 49.7 Å². The molecule has 15 heteroatoms. The van der Waals surface area contributed by atoms with E-state index in [0.29, 0.717) is 31.0 Å². The number of hydrogen-bond acceptors (Lipinski definition) is 5. The molecule has 0 radical (unpaired) electrons. The van der Waals surface area contributed by atoms with Crippen LogP contribution in [-0.4, -0.2) is 100.0 Å². The van der Waals surface area contributed by atoms with Crippen LogP contribution in [0.4, 0.5) is 39.5 Å². The molecular weight excluding hydrogens is 647 g/mol. The molecule has 0 N–H and O–H groups in total. The fourth-order valence-corrected chi connectivity index (χ4v) is 8.33. The largest absolute Gasteiger partial charge is 0.493 e. The predicted molar refractivity (Wildman–Crippen MR) is 154 cm³/mol. The van der Waals surface area contributed by atoms with Crippen molar-refractivity contribution in [2.24, 2.45) is 17.3 Å². The van der Waals surface area contributed by atoms with Crippen molar-refractivity contribution in [2.45, 2.75) is 88.0 Å². The summed E-state index contributed by atoms with van der Waals surface area (Å²) in [6.45, 7) is 0.655. The molecule has 2 saturated carbocycles. The van der Waals surface area contributed by atoms with Gasteiger partial charge < -0.3 is 19.1 Å². The standard InChI is InChI=1S/C32H43F9N2O4/c1-28-13-12-23-22-9-7-21(46-16-5-15-45-4)18-20(22)6-8-24(23)25(28)10-11-26(28)43(3)27(44)19-42(2)14-17-47-29(30(33,34)35,31(36,37)38)32(39,40)41/h7,9,18,23-26H,5-6,8,10-17,19H2,1-4H3/t23?,24?,25?,26-,28-/m0/s1. The number of alkyl halides is 9. The number of aryl methyl sites for hydroxylation is 1. The Kier molecular flexibility index (Phi) is 11.1. The fraction of sp³-hybridized carbons (Fsp3) is 0.781. The molecule has 4 rings (SSSR count). The van der Waals surface area contributed by atoms with Gasteiger partial charge in [-0.1, -0.05) is 13.0 Å². The number of carbonyl (C=O) groups excluding carboxylic acids is 1. The van der Waals surface area contributed by atoms with Crippen LogP contribution in [0.1, 0.15) is 62.5 Å². The zero-order valence-electron chi connectivity index (χ0n) is 27.0. The number of rotatable bonds is 12. The number of benzene rings is 1. The van der Waals surface area contributed by atoms with Crippen molar-refractivity contribution in [3.63, 3.8) is 0 Å². The first kappa shape index (κ1) is 37.6. The van der Waals surface area contributed by atoms with Crippen molar-refractivity contribution in [3.8, 4) is 5.75 Å². The van der Waals surface area contributed by atoms with Gasteiger partial charge in [-0.05, 0) is 92.0 Å². The lowest BCUT2D eigenvalue weighted by Gasteiger charge is -2.52. The van der Waals surface area contributed by atoms with Gasteiger partial charge in [-0.3, -0.25) is 9.69 Å². The summed E-state index contributed by atoms with van der Waals surface area (Å²) in [5.41, 5.74) is -3.89. The van der Waals surface area contributed by atoms with E-state index in [9.17, 15) is 44.3 Å². The highest BCUT2D eigenvalue weighted by molar-refractivity contribution is 5.78. The summed E-state index contributed by atoms with van der Waals surface area (Å²) in [7, 11) is 4.51. The van der Waals surface area contributed by atoms with Gasteiger partial charge in [0.2, 0.25) is 5.91 Å². The number of halogens is 9. The lowest BCUT2D eigenvalue weighted by molar-refractivity contribution is -0.457. The van der Waals surface area contributed by atoms with Gasteiger partial charge in [-0.25, -0.2) is 0 Å². The molecule has 1 aromatic carbocycles. The molecular formula is C32H43F9N2O4. The van der Waals surface area contributed by atoms with Crippen LogP contribution in [0.5, 0.6) is 5.75 Å². The summed E-state index contributed by atoms with van der Waals surface area (Å²) >= 11 is 0. The average Bonchev–Trinajstić information content (AvgIpc) is 3.31. The molecule has 5 atom stereocenters. The maximum atomic E-state index is 13.3. The fourth-order valence-electron chi connectivity index (χ4n) is 8.33. The van der Waals surface area contributed by atoms with E-state index in [0.717, 1.165) is 55.6 Å². The number of fused-ring (bicyclic) bond motifs is 5.